The Morgan fingerprint density at radius 1 is 0.277 bits per heavy atom. The van der Waals surface area contributed by atoms with Crippen LogP contribution in [-0.4, -0.2) is 11.3 Å². The molecule has 0 atom stereocenters. The normalized spacial score (nSPS) is 12.8. The third kappa shape index (κ3) is 8.19. The van der Waals surface area contributed by atoms with Gasteiger partial charge in [-0.25, -0.2) is 0 Å². The first-order chi connectivity index (χ1) is 46.3. The molecule has 0 saturated carbocycles. The van der Waals surface area contributed by atoms with Crippen molar-refractivity contribution in [1.82, 2.24) is 4.57 Å². The Balaban J connectivity index is 0.978. The Hall–Kier alpha value is -11.7. The lowest BCUT2D eigenvalue weighted by Crippen LogP contribution is -2.61. The molecule has 1 aromatic heterocycles. The van der Waals surface area contributed by atoms with Gasteiger partial charge < -0.3 is 14.4 Å². The number of benzene rings is 16. The number of nitrogens with zero attached hydrogens (tertiary/aromatic N) is 3. The summed E-state index contributed by atoms with van der Waals surface area (Å²) in [5.41, 5.74) is 29.0. The van der Waals surface area contributed by atoms with Crippen LogP contribution < -0.4 is 26.2 Å². The molecule has 3 heterocycles. The minimum absolute atomic E-state index is 0.193. The quantitative estimate of drug-likeness (QED) is 0.0811. The number of hydrogen-bond acceptors (Lipinski definition) is 2. The summed E-state index contributed by atoms with van der Waals surface area (Å²) in [6.45, 7) is 6.97. The van der Waals surface area contributed by atoms with Gasteiger partial charge in [-0.1, -0.05) is 288 Å². The van der Waals surface area contributed by atoms with Gasteiger partial charge in [0, 0.05) is 61.5 Å². The molecule has 94 heavy (non-hydrogen) atoms. The van der Waals surface area contributed by atoms with Gasteiger partial charge in [-0.05, 0) is 159 Å². The Bertz CT molecular complexity index is 5600. The first kappa shape index (κ1) is 54.1. The molecule has 2 aliphatic heterocycles. The molecule has 17 aromatic rings. The highest BCUT2D eigenvalue weighted by Crippen LogP contribution is 2.56. The second-order valence-electron chi connectivity index (χ2n) is 26.7. The molecule has 0 bridgehead atoms. The van der Waals surface area contributed by atoms with Crippen LogP contribution in [0.4, 0.5) is 34.1 Å². The van der Waals surface area contributed by atoms with E-state index in [-0.39, 0.29) is 12.1 Å². The monoisotopic (exact) mass is 1200 g/mol. The van der Waals surface area contributed by atoms with Crippen molar-refractivity contribution in [2.75, 3.05) is 9.80 Å². The zero-order valence-corrected chi connectivity index (χ0v) is 52.5. The van der Waals surface area contributed by atoms with Crippen molar-refractivity contribution < 1.29 is 0 Å². The highest BCUT2D eigenvalue weighted by atomic mass is 15.2. The van der Waals surface area contributed by atoms with E-state index < -0.39 is 0 Å². The molecule has 19 rings (SSSR count). The summed E-state index contributed by atoms with van der Waals surface area (Å²) in [7, 11) is 0. The van der Waals surface area contributed by atoms with Gasteiger partial charge in [0.05, 0.1) is 22.4 Å². The van der Waals surface area contributed by atoms with Crippen LogP contribution in [-0.2, 0) is 5.41 Å². The van der Waals surface area contributed by atoms with Crippen molar-refractivity contribution in [2.24, 2.45) is 0 Å². The Morgan fingerprint density at radius 3 is 1.15 bits per heavy atom. The van der Waals surface area contributed by atoms with Gasteiger partial charge in [0.1, 0.15) is 0 Å². The van der Waals surface area contributed by atoms with Gasteiger partial charge >= 0.3 is 0 Å². The fourth-order valence-corrected chi connectivity index (χ4v) is 16.1. The molecule has 0 aliphatic carbocycles. The number of fused-ring (bicyclic) bond motifs is 5. The average Bonchev–Trinajstić information content (AvgIpc) is 1.35. The molecule has 3 nitrogen and oxygen atoms in total. The maximum Gasteiger partial charge on any atom is 0.252 e. The van der Waals surface area contributed by atoms with E-state index in [0.29, 0.717) is 0 Å². The number of aromatic nitrogens is 1. The van der Waals surface area contributed by atoms with E-state index >= 15 is 0 Å². The van der Waals surface area contributed by atoms with E-state index in [9.17, 15) is 0 Å². The molecular weight excluding hydrogens is 1130 g/mol. The van der Waals surface area contributed by atoms with Crippen molar-refractivity contribution in [3.8, 4) is 72.4 Å². The van der Waals surface area contributed by atoms with E-state index in [4.69, 9.17) is 0 Å². The van der Waals surface area contributed by atoms with Crippen molar-refractivity contribution in [3.63, 3.8) is 0 Å². The minimum Gasteiger partial charge on any atom is -0.310 e. The zero-order chi connectivity index (χ0) is 62.3. The summed E-state index contributed by atoms with van der Waals surface area (Å²) >= 11 is 0. The van der Waals surface area contributed by atoms with Crippen LogP contribution in [0, 0.1) is 0 Å². The lowest BCUT2D eigenvalue weighted by Gasteiger charge is -2.46. The minimum atomic E-state index is -0.298. The molecule has 0 fully saturated rings. The van der Waals surface area contributed by atoms with Gasteiger partial charge in [-0.3, -0.25) is 0 Å². The van der Waals surface area contributed by atoms with E-state index in [2.05, 4.69) is 357 Å². The Morgan fingerprint density at radius 2 is 0.681 bits per heavy atom. The van der Waals surface area contributed by atoms with Crippen LogP contribution in [0.3, 0.4) is 0 Å². The third-order valence-electron chi connectivity index (χ3n) is 20.4. The fourth-order valence-electron chi connectivity index (χ4n) is 16.1. The molecule has 0 spiro atoms. The Labute approximate surface area is 548 Å². The van der Waals surface area contributed by atoms with Gasteiger partial charge in [0.25, 0.3) is 6.71 Å². The number of hydrogen-bond donors (Lipinski definition) is 0. The lowest BCUT2D eigenvalue weighted by atomic mass is 9.33. The highest BCUT2D eigenvalue weighted by Gasteiger charge is 2.46. The molecule has 0 amide bonds. The molecule has 2 aliphatic rings. The van der Waals surface area contributed by atoms with Crippen LogP contribution in [0.1, 0.15) is 26.3 Å². The van der Waals surface area contributed by atoms with E-state index in [0.717, 1.165) is 95.4 Å². The van der Waals surface area contributed by atoms with Gasteiger partial charge in [-0.2, -0.15) is 0 Å². The van der Waals surface area contributed by atoms with Crippen LogP contribution in [0.25, 0.3) is 127 Å². The number of rotatable bonds is 9. The van der Waals surface area contributed by atoms with Gasteiger partial charge in [-0.15, -0.1) is 0 Å². The predicted molar refractivity (Wildman–Crippen MR) is 401 cm³/mol. The van der Waals surface area contributed by atoms with Crippen molar-refractivity contribution in [2.45, 2.75) is 26.2 Å². The van der Waals surface area contributed by atoms with Crippen molar-refractivity contribution in [1.29, 1.82) is 0 Å². The number of anilines is 6. The number of para-hydroxylation sites is 1. The predicted octanol–water partition coefficient (Wildman–Crippen LogP) is 22.5. The zero-order valence-electron chi connectivity index (χ0n) is 52.5. The standard InChI is InChI=1S/C90H62BN3/c1-90(2,3)67-54-81-87-82(55-67)94(88-69(59-29-14-6-15-30-59)39-24-40-70(88)60-31-16-7-17-32-60)80-56-68(92-77-49-44-63-37-22-41-71-72-42-23-38-64-45-50-78(92)86(84(64)72)85(77)83(63)71)46-48-76(80)91(87)75-47-43-65(57-25-10-4-11-26-57)53-79(75)93(81)89-73(61-33-18-8-19-34-61)51-66(58-27-12-5-13-28-58)52-74(89)62-35-20-9-21-36-62/h4-56H,1-3H3. The van der Waals surface area contributed by atoms with Crippen molar-refractivity contribution in [3.05, 3.63) is 327 Å². The molecule has 0 unspecified atom stereocenters. The molecule has 16 aromatic carbocycles. The summed E-state index contributed by atoms with van der Waals surface area (Å²) in [5.74, 6) is 0. The first-order valence-electron chi connectivity index (χ1n) is 32.9. The summed E-state index contributed by atoms with van der Waals surface area (Å²) in [5, 5.41) is 10.4. The first-order valence-corrected chi connectivity index (χ1v) is 32.9. The lowest BCUT2D eigenvalue weighted by molar-refractivity contribution is 0.590. The molecule has 4 heteroatoms. The summed E-state index contributed by atoms with van der Waals surface area (Å²) in [6.07, 6.45) is 0. The average molecular weight is 1200 g/mol. The maximum atomic E-state index is 2.71. The SMILES string of the molecule is CC(C)(C)c1cc2c3c(c1)N(c1c(-c4ccccc4)cccc1-c1ccccc1)c1cc(-n4c5ccc6cccc7c8cccc9ccc4c(c98)c5c67)ccc1B3c1ccc(-c3ccccc3)cc1N2c1c(-c2ccccc2)cc(-c2ccccc2)cc1-c1ccccc1. The smallest absolute Gasteiger partial charge is 0.252 e. The maximum absolute atomic E-state index is 2.71. The van der Waals surface area contributed by atoms with Gasteiger partial charge in [0.15, 0.2) is 0 Å². The molecule has 0 N–H and O–H groups in total. The summed E-state index contributed by atoms with van der Waals surface area (Å²) in [4.78, 5) is 5.40. The van der Waals surface area contributed by atoms with E-state index in [1.807, 2.05) is 0 Å². The molecule has 0 saturated heterocycles. The van der Waals surface area contributed by atoms with Gasteiger partial charge in [0.2, 0.25) is 0 Å². The third-order valence-corrected chi connectivity index (χ3v) is 20.4. The molecule has 440 valence electrons. The largest absolute Gasteiger partial charge is 0.310 e. The van der Waals surface area contributed by atoms with E-state index in [1.54, 1.807) is 0 Å². The van der Waals surface area contributed by atoms with Crippen LogP contribution in [0.2, 0.25) is 0 Å². The summed E-state index contributed by atoms with van der Waals surface area (Å²) < 4.78 is 2.58. The second kappa shape index (κ2) is 20.9. The second-order valence-corrected chi connectivity index (χ2v) is 26.7. The molecule has 0 radical (unpaired) electrons. The van der Waals surface area contributed by atoms with E-state index in [1.165, 1.54) is 87.2 Å². The van der Waals surface area contributed by atoms with Crippen molar-refractivity contribution >= 4 is 111 Å². The molecular formula is C90H62BN3. The topological polar surface area (TPSA) is 11.4 Å². The summed E-state index contributed by atoms with van der Waals surface area (Å²) in [6, 6.07) is 121. The highest BCUT2D eigenvalue weighted by molar-refractivity contribution is 7.00. The van der Waals surface area contributed by atoms with Crippen LogP contribution >= 0.6 is 0 Å². The Kier molecular flexibility index (Phi) is 12.0. The van der Waals surface area contributed by atoms with Crippen LogP contribution in [0.15, 0.2) is 322 Å². The fraction of sp³-hybridized carbons (Fsp3) is 0.0444. The van der Waals surface area contributed by atoms with Crippen LogP contribution in [0.5, 0.6) is 0 Å².